The highest BCUT2D eigenvalue weighted by Gasteiger charge is 2.22. The third kappa shape index (κ3) is 5.56. The Balaban J connectivity index is 1.31. The first-order valence-electron chi connectivity index (χ1n) is 12.4. The molecule has 5 rings (SSSR count). The van der Waals surface area contributed by atoms with Crippen LogP contribution in [0.15, 0.2) is 54.7 Å². The molecule has 0 aliphatic carbocycles. The second kappa shape index (κ2) is 10.6. The lowest BCUT2D eigenvalue weighted by molar-refractivity contribution is -0.122. The Morgan fingerprint density at radius 1 is 1.11 bits per heavy atom. The largest absolute Gasteiger partial charge is 0.457 e. The van der Waals surface area contributed by atoms with E-state index in [1.165, 1.54) is 6.07 Å². The molecule has 8 nitrogen and oxygen atoms in total. The molecule has 192 valence electrons. The predicted octanol–water partition coefficient (Wildman–Crippen LogP) is 6.13. The molecule has 0 unspecified atom stereocenters. The van der Waals surface area contributed by atoms with Crippen molar-refractivity contribution < 1.29 is 18.7 Å². The summed E-state index contributed by atoms with van der Waals surface area (Å²) in [7, 11) is 1.92. The van der Waals surface area contributed by atoms with Crippen molar-refractivity contribution in [2.24, 2.45) is 13.0 Å². The number of halogens is 1. The van der Waals surface area contributed by atoms with Gasteiger partial charge in [-0.1, -0.05) is 13.8 Å². The molecular weight excluding hydrogens is 473 g/mol. The van der Waals surface area contributed by atoms with Gasteiger partial charge in [0.25, 0.3) is 0 Å². The van der Waals surface area contributed by atoms with E-state index < -0.39 is 0 Å². The molecule has 2 aromatic heterocycles. The minimum absolute atomic E-state index is 0.0513. The van der Waals surface area contributed by atoms with E-state index in [2.05, 4.69) is 15.6 Å². The third-order valence-corrected chi connectivity index (χ3v) is 6.54. The second-order valence-electron chi connectivity index (χ2n) is 9.52. The highest BCUT2D eigenvalue weighted by Crippen LogP contribution is 2.30. The van der Waals surface area contributed by atoms with Gasteiger partial charge in [0.1, 0.15) is 23.1 Å². The van der Waals surface area contributed by atoms with Gasteiger partial charge in [0.15, 0.2) is 0 Å². The molecule has 9 heteroatoms. The first kappa shape index (κ1) is 24.7. The van der Waals surface area contributed by atoms with Gasteiger partial charge in [-0.05, 0) is 60.7 Å². The minimum atomic E-state index is -0.213. The number of imidazole rings is 1. The van der Waals surface area contributed by atoms with Crippen molar-refractivity contribution >= 4 is 34.4 Å². The van der Waals surface area contributed by atoms with E-state index in [-0.39, 0.29) is 23.6 Å². The zero-order valence-corrected chi connectivity index (χ0v) is 21.1. The smallest absolute Gasteiger partial charge is 0.228 e. The Labute approximate surface area is 214 Å². The molecule has 2 aromatic carbocycles. The van der Waals surface area contributed by atoms with Crippen molar-refractivity contribution in [3.05, 3.63) is 66.1 Å². The summed E-state index contributed by atoms with van der Waals surface area (Å²) in [5.74, 6) is 1.98. The van der Waals surface area contributed by atoms with Crippen LogP contribution in [0, 0.1) is 11.7 Å². The van der Waals surface area contributed by atoms with E-state index >= 15 is 0 Å². The van der Waals surface area contributed by atoms with E-state index in [9.17, 15) is 9.18 Å². The van der Waals surface area contributed by atoms with E-state index in [0.717, 1.165) is 16.7 Å². The van der Waals surface area contributed by atoms with Crippen molar-refractivity contribution in [3.63, 3.8) is 0 Å². The van der Waals surface area contributed by atoms with E-state index in [1.54, 1.807) is 24.4 Å². The summed E-state index contributed by atoms with van der Waals surface area (Å²) < 4.78 is 27.4. The van der Waals surface area contributed by atoms with Gasteiger partial charge in [-0.3, -0.25) is 4.79 Å². The molecule has 1 aliphatic heterocycles. The molecule has 1 fully saturated rings. The number of nitrogens with zero attached hydrogens (tertiary/aromatic N) is 3. The number of aromatic nitrogens is 3. The number of rotatable bonds is 7. The van der Waals surface area contributed by atoms with Crippen molar-refractivity contribution in [1.29, 1.82) is 0 Å². The van der Waals surface area contributed by atoms with E-state index in [1.807, 2.05) is 49.7 Å². The standard InChI is InChI=1S/C28H30FN5O3/c1-17(2)22-14-19(4-6-23(22)29)31-28-32-24-15-20(5-7-25(24)34(28)3)37-21-8-11-30-26(16-21)33-27(35)18-9-12-36-13-10-18/h4-8,11,14-18H,9-10,12-13H2,1-3H3,(H,31,32)(H,30,33,35). The molecule has 0 atom stereocenters. The van der Waals surface area contributed by atoms with Gasteiger partial charge in [-0.2, -0.15) is 0 Å². The molecule has 1 aliphatic rings. The first-order chi connectivity index (χ1) is 17.9. The molecule has 1 amide bonds. The van der Waals surface area contributed by atoms with Crippen LogP contribution in [0.4, 0.5) is 21.8 Å². The number of carbonyl (C=O) groups is 1. The molecule has 2 N–H and O–H groups in total. The Morgan fingerprint density at radius 3 is 2.68 bits per heavy atom. The van der Waals surface area contributed by atoms with E-state index in [4.69, 9.17) is 14.5 Å². The van der Waals surface area contributed by atoms with Crippen molar-refractivity contribution in [3.8, 4) is 11.5 Å². The Hall–Kier alpha value is -3.98. The number of aryl methyl sites for hydroxylation is 1. The van der Waals surface area contributed by atoms with Gasteiger partial charge in [-0.25, -0.2) is 14.4 Å². The number of nitrogens with one attached hydrogen (secondary N) is 2. The van der Waals surface area contributed by atoms with Gasteiger partial charge in [0.2, 0.25) is 11.9 Å². The van der Waals surface area contributed by atoms with Crippen LogP contribution in [0.2, 0.25) is 0 Å². The monoisotopic (exact) mass is 503 g/mol. The molecule has 37 heavy (non-hydrogen) atoms. The zero-order valence-electron chi connectivity index (χ0n) is 21.1. The van der Waals surface area contributed by atoms with Gasteiger partial charge in [0.05, 0.1) is 11.0 Å². The number of anilines is 3. The number of amides is 1. The average molecular weight is 504 g/mol. The van der Waals surface area contributed by atoms with Crippen LogP contribution in [-0.4, -0.2) is 33.7 Å². The van der Waals surface area contributed by atoms with Crippen molar-refractivity contribution in [2.45, 2.75) is 32.6 Å². The third-order valence-electron chi connectivity index (χ3n) is 6.54. The molecule has 1 saturated heterocycles. The summed E-state index contributed by atoms with van der Waals surface area (Å²) in [6, 6.07) is 14.1. The maximum atomic E-state index is 14.1. The predicted molar refractivity (Wildman–Crippen MR) is 141 cm³/mol. The fourth-order valence-corrected chi connectivity index (χ4v) is 4.42. The summed E-state index contributed by atoms with van der Waals surface area (Å²) in [5.41, 5.74) is 3.09. The van der Waals surface area contributed by atoms with Crippen LogP contribution in [0.3, 0.4) is 0 Å². The second-order valence-corrected chi connectivity index (χ2v) is 9.52. The molecule has 4 aromatic rings. The lowest BCUT2D eigenvalue weighted by Crippen LogP contribution is -2.28. The molecule has 0 spiro atoms. The molecule has 0 bridgehead atoms. The molecular formula is C28H30FN5O3. The van der Waals surface area contributed by atoms with Crippen LogP contribution in [0.1, 0.15) is 38.2 Å². The Morgan fingerprint density at radius 2 is 1.89 bits per heavy atom. The fraction of sp³-hybridized carbons (Fsp3) is 0.321. The molecule has 0 saturated carbocycles. The number of fused-ring (bicyclic) bond motifs is 1. The number of ether oxygens (including phenoxy) is 2. The summed E-state index contributed by atoms with van der Waals surface area (Å²) in [4.78, 5) is 21.5. The Kier molecular flexibility index (Phi) is 7.05. The highest BCUT2D eigenvalue weighted by atomic mass is 19.1. The summed E-state index contributed by atoms with van der Waals surface area (Å²) >= 11 is 0. The Bertz CT molecular complexity index is 1430. The minimum Gasteiger partial charge on any atom is -0.457 e. The quantitative estimate of drug-likeness (QED) is 0.315. The number of hydrogen-bond donors (Lipinski definition) is 2. The van der Waals surface area contributed by atoms with E-state index in [0.29, 0.717) is 54.9 Å². The number of carbonyl (C=O) groups excluding carboxylic acids is 1. The normalized spacial score (nSPS) is 14.2. The van der Waals surface area contributed by atoms with Crippen LogP contribution in [-0.2, 0) is 16.6 Å². The van der Waals surface area contributed by atoms with Crippen LogP contribution in [0.25, 0.3) is 11.0 Å². The van der Waals surface area contributed by atoms with Gasteiger partial charge >= 0.3 is 0 Å². The van der Waals surface area contributed by atoms with Crippen LogP contribution in [0.5, 0.6) is 11.5 Å². The van der Waals surface area contributed by atoms with Gasteiger partial charge < -0.3 is 24.7 Å². The maximum absolute atomic E-state index is 14.1. The number of pyridine rings is 1. The zero-order chi connectivity index (χ0) is 25.9. The van der Waals surface area contributed by atoms with Crippen molar-refractivity contribution in [1.82, 2.24) is 14.5 Å². The number of benzene rings is 2. The fourth-order valence-electron chi connectivity index (χ4n) is 4.42. The lowest BCUT2D eigenvalue weighted by atomic mass is 9.99. The van der Waals surface area contributed by atoms with Crippen molar-refractivity contribution in [2.75, 3.05) is 23.8 Å². The number of hydrogen-bond acceptors (Lipinski definition) is 6. The van der Waals surface area contributed by atoms with Crippen LogP contribution >= 0.6 is 0 Å². The molecule has 0 radical (unpaired) electrons. The van der Waals surface area contributed by atoms with Crippen LogP contribution < -0.4 is 15.4 Å². The highest BCUT2D eigenvalue weighted by molar-refractivity contribution is 5.91. The topological polar surface area (TPSA) is 90.3 Å². The summed E-state index contributed by atoms with van der Waals surface area (Å²) in [6.45, 7) is 5.13. The maximum Gasteiger partial charge on any atom is 0.228 e. The average Bonchev–Trinajstić information content (AvgIpc) is 3.20. The first-order valence-corrected chi connectivity index (χ1v) is 12.4. The summed E-state index contributed by atoms with van der Waals surface area (Å²) in [6.07, 6.45) is 3.02. The molecule has 3 heterocycles. The summed E-state index contributed by atoms with van der Waals surface area (Å²) in [5, 5.41) is 6.18. The lowest BCUT2D eigenvalue weighted by Gasteiger charge is -2.21. The van der Waals surface area contributed by atoms with Gasteiger partial charge in [0, 0.05) is 50.2 Å². The van der Waals surface area contributed by atoms with Gasteiger partial charge in [-0.15, -0.1) is 0 Å². The SMILES string of the molecule is CC(C)c1cc(Nc2nc3cc(Oc4ccnc(NC(=O)C5CCOCC5)c4)ccc3n2C)ccc1F.